The van der Waals surface area contributed by atoms with Gasteiger partial charge in [-0.15, -0.1) is 25.3 Å². The molecule has 58 valence electrons. The number of thiol groups is 2. The number of hydrogen-bond donors (Lipinski definition) is 3. The van der Waals surface area contributed by atoms with Crippen molar-refractivity contribution in [2.75, 3.05) is 0 Å². The molecule has 0 amide bonds. The van der Waals surface area contributed by atoms with Crippen molar-refractivity contribution in [1.29, 1.82) is 0 Å². The number of aromatic hydroxyl groups is 1. The van der Waals surface area contributed by atoms with E-state index in [0.29, 0.717) is 9.79 Å². The van der Waals surface area contributed by atoms with E-state index in [9.17, 15) is 5.11 Å². The van der Waals surface area contributed by atoms with Crippen LogP contribution in [0.25, 0.3) is 6.08 Å². The molecule has 11 heavy (non-hydrogen) atoms. The van der Waals surface area contributed by atoms with Gasteiger partial charge in [0.1, 0.15) is 5.75 Å². The van der Waals surface area contributed by atoms with Crippen molar-refractivity contribution in [1.82, 2.24) is 0 Å². The van der Waals surface area contributed by atoms with E-state index in [1.807, 2.05) is 0 Å². The van der Waals surface area contributed by atoms with Crippen LogP contribution in [0.3, 0.4) is 0 Å². The predicted molar refractivity (Wildman–Crippen MR) is 52.7 cm³/mol. The van der Waals surface area contributed by atoms with Gasteiger partial charge in [-0.3, -0.25) is 0 Å². The van der Waals surface area contributed by atoms with E-state index in [4.69, 9.17) is 0 Å². The van der Waals surface area contributed by atoms with Crippen molar-refractivity contribution >= 4 is 31.3 Å². The zero-order valence-corrected chi connectivity index (χ0v) is 7.57. The van der Waals surface area contributed by atoms with Crippen molar-refractivity contribution in [3.63, 3.8) is 0 Å². The number of hydrogen-bond acceptors (Lipinski definition) is 3. The van der Waals surface area contributed by atoms with Crippen molar-refractivity contribution in [3.05, 3.63) is 24.3 Å². The lowest BCUT2D eigenvalue weighted by molar-refractivity contribution is 0.449. The van der Waals surface area contributed by atoms with Gasteiger partial charge in [-0.05, 0) is 17.7 Å². The molecular weight excluding hydrogens is 176 g/mol. The molecule has 1 aromatic rings. The maximum absolute atomic E-state index is 9.24. The largest absolute Gasteiger partial charge is 0.506 e. The van der Waals surface area contributed by atoms with Gasteiger partial charge in [0.25, 0.3) is 0 Å². The van der Waals surface area contributed by atoms with E-state index in [2.05, 4.69) is 31.8 Å². The van der Waals surface area contributed by atoms with E-state index in [1.165, 1.54) is 0 Å². The fraction of sp³-hybridized carbons (Fsp3) is 0. The van der Waals surface area contributed by atoms with Crippen molar-refractivity contribution in [2.45, 2.75) is 9.79 Å². The molecule has 0 spiro atoms. The Kier molecular flexibility index (Phi) is 2.52. The second-order valence-corrected chi connectivity index (χ2v) is 3.08. The van der Waals surface area contributed by atoms with Gasteiger partial charge in [-0.2, -0.15) is 0 Å². The second kappa shape index (κ2) is 3.24. The van der Waals surface area contributed by atoms with Gasteiger partial charge in [0, 0.05) is 9.79 Å². The maximum Gasteiger partial charge on any atom is 0.142 e. The first-order valence-electron chi connectivity index (χ1n) is 3.02. The summed E-state index contributed by atoms with van der Waals surface area (Å²) < 4.78 is 0. The minimum atomic E-state index is 0.113. The van der Waals surface area contributed by atoms with Gasteiger partial charge >= 0.3 is 0 Å². The molecule has 0 atom stereocenters. The van der Waals surface area contributed by atoms with E-state index in [-0.39, 0.29) is 5.75 Å². The summed E-state index contributed by atoms with van der Waals surface area (Å²) in [4.78, 5) is 1.04. The van der Waals surface area contributed by atoms with E-state index in [0.717, 1.165) is 5.56 Å². The maximum atomic E-state index is 9.24. The third-order valence-corrected chi connectivity index (χ3v) is 2.01. The first-order valence-corrected chi connectivity index (χ1v) is 3.92. The Morgan fingerprint density at radius 1 is 1.27 bits per heavy atom. The summed E-state index contributed by atoms with van der Waals surface area (Å²) in [5.74, 6) is 0.113. The first-order chi connectivity index (χ1) is 5.15. The van der Waals surface area contributed by atoms with Crippen molar-refractivity contribution < 1.29 is 5.11 Å². The summed E-state index contributed by atoms with van der Waals surface area (Å²) in [5.41, 5.74) is 0.901. The third-order valence-electron chi connectivity index (χ3n) is 1.33. The number of phenolic OH excluding ortho intramolecular Hbond substituents is 1. The van der Waals surface area contributed by atoms with Crippen LogP contribution < -0.4 is 0 Å². The van der Waals surface area contributed by atoms with Gasteiger partial charge < -0.3 is 5.11 Å². The van der Waals surface area contributed by atoms with Crippen LogP contribution in [0, 0.1) is 0 Å². The summed E-state index contributed by atoms with van der Waals surface area (Å²) in [6.07, 6.45) is 1.68. The summed E-state index contributed by atoms with van der Waals surface area (Å²) in [6, 6.07) is 3.45. The Morgan fingerprint density at radius 2 is 1.73 bits per heavy atom. The van der Waals surface area contributed by atoms with Crippen LogP contribution in [0.5, 0.6) is 5.75 Å². The van der Waals surface area contributed by atoms with Crippen molar-refractivity contribution in [2.24, 2.45) is 0 Å². The molecule has 0 radical (unpaired) electrons. The van der Waals surface area contributed by atoms with Gasteiger partial charge in [0.05, 0.1) is 0 Å². The van der Waals surface area contributed by atoms with Crippen LogP contribution in [-0.2, 0) is 0 Å². The Hall–Kier alpha value is -0.540. The molecule has 0 aliphatic rings. The average Bonchev–Trinajstić information content (AvgIpc) is 1.99. The fourth-order valence-electron chi connectivity index (χ4n) is 0.743. The monoisotopic (exact) mass is 184 g/mol. The van der Waals surface area contributed by atoms with Gasteiger partial charge in [0.2, 0.25) is 0 Å². The van der Waals surface area contributed by atoms with E-state index < -0.39 is 0 Å². The van der Waals surface area contributed by atoms with Gasteiger partial charge in [-0.25, -0.2) is 0 Å². The van der Waals surface area contributed by atoms with Gasteiger partial charge in [-0.1, -0.05) is 12.7 Å². The second-order valence-electron chi connectivity index (χ2n) is 2.11. The van der Waals surface area contributed by atoms with Crippen LogP contribution in [0.1, 0.15) is 5.56 Å². The Balaban J connectivity index is 3.31. The number of rotatable bonds is 1. The van der Waals surface area contributed by atoms with Crippen LogP contribution in [-0.4, -0.2) is 5.11 Å². The highest BCUT2D eigenvalue weighted by molar-refractivity contribution is 7.81. The third kappa shape index (κ3) is 1.73. The molecule has 1 rings (SSSR count). The molecule has 3 heteroatoms. The fourth-order valence-corrected chi connectivity index (χ4v) is 1.37. The molecule has 0 fully saturated rings. The Bertz CT molecular complexity index is 271. The quantitative estimate of drug-likeness (QED) is 0.573. The Labute approximate surface area is 76.6 Å². The standard InChI is InChI=1S/C8H8OS2/c1-2-5-3-6(10)8(9)7(11)4-5/h2-4,9-11H,1H2. The highest BCUT2D eigenvalue weighted by atomic mass is 32.1. The zero-order chi connectivity index (χ0) is 8.43. The smallest absolute Gasteiger partial charge is 0.142 e. The minimum Gasteiger partial charge on any atom is -0.506 e. The van der Waals surface area contributed by atoms with Gasteiger partial charge in [0.15, 0.2) is 0 Å². The zero-order valence-electron chi connectivity index (χ0n) is 5.78. The highest BCUT2D eigenvalue weighted by Crippen LogP contribution is 2.30. The molecule has 1 aromatic carbocycles. The van der Waals surface area contributed by atoms with Crippen LogP contribution in [0.4, 0.5) is 0 Å². The van der Waals surface area contributed by atoms with E-state index in [1.54, 1.807) is 18.2 Å². The molecule has 1 nitrogen and oxygen atoms in total. The molecule has 0 heterocycles. The molecule has 0 aromatic heterocycles. The molecule has 0 saturated carbocycles. The normalized spacial score (nSPS) is 9.64. The molecule has 0 aliphatic carbocycles. The number of benzene rings is 1. The molecule has 0 saturated heterocycles. The lowest BCUT2D eigenvalue weighted by Crippen LogP contribution is -1.76. The molecule has 1 N–H and O–H groups in total. The molecular formula is C8H8OS2. The summed E-state index contributed by atoms with van der Waals surface area (Å²) in [6.45, 7) is 3.59. The van der Waals surface area contributed by atoms with E-state index >= 15 is 0 Å². The van der Waals surface area contributed by atoms with Crippen LogP contribution >= 0.6 is 25.3 Å². The number of phenols is 1. The lowest BCUT2D eigenvalue weighted by Gasteiger charge is -2.02. The SMILES string of the molecule is C=Cc1cc(S)c(O)c(S)c1. The lowest BCUT2D eigenvalue weighted by atomic mass is 10.2. The molecule has 0 unspecified atom stereocenters. The molecule has 0 aliphatic heterocycles. The highest BCUT2D eigenvalue weighted by Gasteiger charge is 2.01. The molecule has 0 bridgehead atoms. The first kappa shape index (κ1) is 8.56. The predicted octanol–water partition coefficient (Wildman–Crippen LogP) is 2.61. The topological polar surface area (TPSA) is 20.2 Å². The average molecular weight is 184 g/mol. The summed E-state index contributed by atoms with van der Waals surface area (Å²) in [5, 5.41) is 9.24. The van der Waals surface area contributed by atoms with Crippen LogP contribution in [0.2, 0.25) is 0 Å². The minimum absolute atomic E-state index is 0.113. The summed E-state index contributed by atoms with van der Waals surface area (Å²) >= 11 is 8.09. The van der Waals surface area contributed by atoms with Crippen molar-refractivity contribution in [3.8, 4) is 5.75 Å². The summed E-state index contributed by atoms with van der Waals surface area (Å²) in [7, 11) is 0. The van der Waals surface area contributed by atoms with Crippen LogP contribution in [0.15, 0.2) is 28.5 Å². The Morgan fingerprint density at radius 3 is 2.09 bits per heavy atom.